The zero-order valence-corrected chi connectivity index (χ0v) is 12.8. The minimum atomic E-state index is -0.230. The Kier molecular flexibility index (Phi) is 4.47. The second kappa shape index (κ2) is 5.20. The van der Waals surface area contributed by atoms with Crippen LogP contribution in [0, 0.1) is 16.7 Å². The molecule has 0 radical (unpaired) electrons. The van der Waals surface area contributed by atoms with Gasteiger partial charge in [0.2, 0.25) is 5.91 Å². The van der Waals surface area contributed by atoms with Gasteiger partial charge in [0, 0.05) is 6.04 Å². The fourth-order valence-electron chi connectivity index (χ4n) is 3.82. The molecule has 1 aliphatic carbocycles. The highest BCUT2D eigenvalue weighted by Gasteiger charge is 2.39. The largest absolute Gasteiger partial charge is 0.368 e. The maximum atomic E-state index is 11.5. The molecule has 0 aliphatic heterocycles. The minimum absolute atomic E-state index is 0.209. The molecule has 0 spiro atoms. The van der Waals surface area contributed by atoms with Crippen molar-refractivity contribution in [3.8, 4) is 0 Å². The summed E-state index contributed by atoms with van der Waals surface area (Å²) in [6.45, 7) is 13.4. The maximum Gasteiger partial charge on any atom is 0.234 e. The lowest BCUT2D eigenvalue weighted by Crippen LogP contribution is -2.53. The van der Waals surface area contributed by atoms with Crippen LogP contribution in [-0.2, 0) is 4.79 Å². The van der Waals surface area contributed by atoms with Gasteiger partial charge in [-0.1, -0.05) is 41.5 Å². The first-order chi connectivity index (χ1) is 8.02. The molecule has 0 aromatic carbocycles. The van der Waals surface area contributed by atoms with E-state index in [-0.39, 0.29) is 17.9 Å². The molecule has 3 nitrogen and oxygen atoms in total. The van der Waals surface area contributed by atoms with Gasteiger partial charge in [-0.05, 0) is 36.0 Å². The Morgan fingerprint density at radius 3 is 1.94 bits per heavy atom. The van der Waals surface area contributed by atoms with Gasteiger partial charge in [0.15, 0.2) is 0 Å². The van der Waals surface area contributed by atoms with E-state index in [9.17, 15) is 4.79 Å². The first-order valence-electron chi connectivity index (χ1n) is 7.08. The van der Waals surface area contributed by atoms with Crippen molar-refractivity contribution in [1.82, 2.24) is 5.32 Å². The summed E-state index contributed by atoms with van der Waals surface area (Å²) in [5, 5.41) is 3.49. The monoisotopic (exact) mass is 254 g/mol. The summed E-state index contributed by atoms with van der Waals surface area (Å²) in [5.41, 5.74) is 6.15. The lowest BCUT2D eigenvalue weighted by atomic mass is 9.63. The van der Waals surface area contributed by atoms with Crippen molar-refractivity contribution >= 4 is 5.91 Å². The van der Waals surface area contributed by atoms with Gasteiger partial charge in [-0.25, -0.2) is 0 Å². The molecule has 3 N–H and O–H groups in total. The number of amides is 1. The summed E-state index contributed by atoms with van der Waals surface area (Å²) < 4.78 is 0. The molecule has 1 aliphatic rings. The highest BCUT2D eigenvalue weighted by atomic mass is 16.1. The first kappa shape index (κ1) is 15.5. The van der Waals surface area contributed by atoms with Crippen molar-refractivity contribution in [2.75, 3.05) is 0 Å². The van der Waals surface area contributed by atoms with Crippen molar-refractivity contribution in [3.05, 3.63) is 0 Å². The van der Waals surface area contributed by atoms with Crippen LogP contribution in [0.2, 0.25) is 0 Å². The number of rotatable bonds is 4. The van der Waals surface area contributed by atoms with Crippen molar-refractivity contribution in [2.24, 2.45) is 22.5 Å². The highest BCUT2D eigenvalue weighted by molar-refractivity contribution is 5.80. The van der Waals surface area contributed by atoms with Gasteiger partial charge in [0.25, 0.3) is 0 Å². The second-order valence-electron chi connectivity index (χ2n) is 7.90. The van der Waals surface area contributed by atoms with Crippen molar-refractivity contribution in [2.45, 2.75) is 72.9 Å². The van der Waals surface area contributed by atoms with Gasteiger partial charge in [0.1, 0.15) is 0 Å². The van der Waals surface area contributed by atoms with Crippen LogP contribution in [0.25, 0.3) is 0 Å². The van der Waals surface area contributed by atoms with E-state index < -0.39 is 0 Å². The van der Waals surface area contributed by atoms with Crippen LogP contribution in [0.4, 0.5) is 0 Å². The van der Waals surface area contributed by atoms with E-state index in [2.05, 4.69) is 33.0 Å². The summed E-state index contributed by atoms with van der Waals surface area (Å²) in [5.74, 6) is 0.0156. The maximum absolute atomic E-state index is 11.5. The average molecular weight is 254 g/mol. The van der Waals surface area contributed by atoms with E-state index >= 15 is 0 Å². The number of carbonyl (C=O) groups excluding carboxylic acids is 1. The van der Waals surface area contributed by atoms with Gasteiger partial charge >= 0.3 is 0 Å². The van der Waals surface area contributed by atoms with E-state index in [4.69, 9.17) is 5.73 Å². The lowest BCUT2D eigenvalue weighted by molar-refractivity contribution is -0.121. The van der Waals surface area contributed by atoms with E-state index in [1.54, 1.807) is 0 Å². The molecule has 106 valence electrons. The van der Waals surface area contributed by atoms with Crippen molar-refractivity contribution in [1.29, 1.82) is 0 Å². The molecule has 1 unspecified atom stereocenters. The van der Waals surface area contributed by atoms with Crippen LogP contribution < -0.4 is 11.1 Å². The van der Waals surface area contributed by atoms with E-state index in [1.165, 1.54) is 6.42 Å². The number of nitrogens with one attached hydrogen (secondary N) is 1. The topological polar surface area (TPSA) is 55.1 Å². The highest BCUT2D eigenvalue weighted by Crippen LogP contribution is 2.45. The summed E-state index contributed by atoms with van der Waals surface area (Å²) in [6, 6.07) is 0.184. The van der Waals surface area contributed by atoms with Gasteiger partial charge in [-0.15, -0.1) is 0 Å². The number of nitrogens with two attached hydrogens (primary N) is 1. The first-order valence-corrected chi connectivity index (χ1v) is 7.08. The Hall–Kier alpha value is -0.570. The molecule has 0 heterocycles. The Balaban J connectivity index is 2.74. The van der Waals surface area contributed by atoms with Gasteiger partial charge < -0.3 is 11.1 Å². The van der Waals surface area contributed by atoms with Crippen LogP contribution in [0.1, 0.15) is 60.8 Å². The van der Waals surface area contributed by atoms with Crippen LogP contribution >= 0.6 is 0 Å². The lowest BCUT2D eigenvalue weighted by Gasteiger charge is -2.46. The third kappa shape index (κ3) is 4.27. The van der Waals surface area contributed by atoms with Crippen molar-refractivity contribution in [3.63, 3.8) is 0 Å². The molecular weight excluding hydrogens is 224 g/mol. The zero-order chi connectivity index (χ0) is 14.1. The predicted molar refractivity (Wildman–Crippen MR) is 76.2 cm³/mol. The number of carbonyl (C=O) groups is 1. The Bertz CT molecular complexity index is 292. The molecule has 1 atom stereocenters. The van der Waals surface area contributed by atoms with Gasteiger partial charge in [-0.2, -0.15) is 0 Å². The molecule has 1 rings (SSSR count). The predicted octanol–water partition coefficient (Wildman–Crippen LogP) is 2.69. The van der Waals surface area contributed by atoms with Gasteiger partial charge in [0.05, 0.1) is 6.04 Å². The molecule has 1 fully saturated rings. The average Bonchev–Trinajstić information content (AvgIpc) is 2.07. The van der Waals surface area contributed by atoms with Crippen LogP contribution in [0.3, 0.4) is 0 Å². The van der Waals surface area contributed by atoms with E-state index in [0.717, 1.165) is 12.8 Å². The fraction of sp³-hybridized carbons (Fsp3) is 0.933. The SMILES string of the molecule is CC(C)C(NC1CC(C)(C)CC(C)(C)C1)C(N)=O. The molecule has 18 heavy (non-hydrogen) atoms. The van der Waals surface area contributed by atoms with E-state index in [0.29, 0.717) is 16.9 Å². The normalized spacial score (nSPS) is 25.1. The van der Waals surface area contributed by atoms with Crippen LogP contribution in [0.15, 0.2) is 0 Å². The number of primary amides is 1. The summed E-state index contributed by atoms with van der Waals surface area (Å²) >= 11 is 0. The molecule has 1 amide bonds. The Morgan fingerprint density at radius 2 is 1.61 bits per heavy atom. The number of hydrogen-bond acceptors (Lipinski definition) is 2. The minimum Gasteiger partial charge on any atom is -0.368 e. The Morgan fingerprint density at radius 1 is 1.17 bits per heavy atom. The van der Waals surface area contributed by atoms with Crippen LogP contribution in [0.5, 0.6) is 0 Å². The fourth-order valence-corrected chi connectivity index (χ4v) is 3.82. The quantitative estimate of drug-likeness (QED) is 0.810. The summed E-state index contributed by atoms with van der Waals surface area (Å²) in [4.78, 5) is 11.5. The summed E-state index contributed by atoms with van der Waals surface area (Å²) in [7, 11) is 0. The molecule has 0 aromatic rings. The smallest absolute Gasteiger partial charge is 0.234 e. The molecule has 0 aromatic heterocycles. The second-order valence-corrected chi connectivity index (χ2v) is 7.90. The standard InChI is InChI=1S/C15H30N2O/c1-10(2)12(13(16)18)17-11-7-14(3,4)9-15(5,6)8-11/h10-12,17H,7-9H2,1-6H3,(H2,16,18). The Labute approximate surface area is 112 Å². The van der Waals surface area contributed by atoms with E-state index in [1.807, 2.05) is 13.8 Å². The summed E-state index contributed by atoms with van der Waals surface area (Å²) in [6.07, 6.45) is 3.47. The van der Waals surface area contributed by atoms with Crippen molar-refractivity contribution < 1.29 is 4.79 Å². The molecule has 1 saturated carbocycles. The number of hydrogen-bond donors (Lipinski definition) is 2. The molecule has 3 heteroatoms. The van der Waals surface area contributed by atoms with Crippen LogP contribution in [-0.4, -0.2) is 18.0 Å². The molecule has 0 saturated heterocycles. The van der Waals surface area contributed by atoms with Gasteiger partial charge in [-0.3, -0.25) is 4.79 Å². The third-order valence-electron chi connectivity index (χ3n) is 3.94. The zero-order valence-electron chi connectivity index (χ0n) is 12.8. The molecular formula is C15H30N2O. The molecule has 0 bridgehead atoms. The third-order valence-corrected chi connectivity index (χ3v) is 3.94.